The molecule has 0 radical (unpaired) electrons. The third-order valence-corrected chi connectivity index (χ3v) is 3.66. The average Bonchev–Trinajstić information content (AvgIpc) is 2.12. The van der Waals surface area contributed by atoms with Crippen molar-refractivity contribution in [3.05, 3.63) is 0 Å². The van der Waals surface area contributed by atoms with Gasteiger partial charge in [0.2, 0.25) is 0 Å². The zero-order chi connectivity index (χ0) is 11.4. The van der Waals surface area contributed by atoms with Crippen molar-refractivity contribution in [1.29, 1.82) is 0 Å². The van der Waals surface area contributed by atoms with Gasteiger partial charge in [-0.05, 0) is 36.6 Å². The van der Waals surface area contributed by atoms with E-state index < -0.39 is 0 Å². The Morgan fingerprint density at radius 1 is 1.07 bits per heavy atom. The molecule has 0 atom stereocenters. The Hall–Kier alpha value is -0.0400. The molecule has 1 nitrogen and oxygen atoms in total. The average molecular weight is 211 g/mol. The standard InChI is InChI=1S/C14H29N/c1-13(2,3)10-11-15-12-14(4)8-6-5-7-9-14/h15H,5-12H2,1-4H3. The quantitative estimate of drug-likeness (QED) is 0.694. The zero-order valence-electron chi connectivity index (χ0n) is 11.2. The lowest BCUT2D eigenvalue weighted by Gasteiger charge is -2.34. The van der Waals surface area contributed by atoms with Gasteiger partial charge in [0.05, 0.1) is 0 Å². The molecule has 0 amide bonds. The van der Waals surface area contributed by atoms with Crippen molar-refractivity contribution in [2.75, 3.05) is 13.1 Å². The summed E-state index contributed by atoms with van der Waals surface area (Å²) in [4.78, 5) is 0. The van der Waals surface area contributed by atoms with Gasteiger partial charge in [0.15, 0.2) is 0 Å². The van der Waals surface area contributed by atoms with Gasteiger partial charge in [0.1, 0.15) is 0 Å². The van der Waals surface area contributed by atoms with Crippen molar-refractivity contribution in [2.24, 2.45) is 10.8 Å². The third kappa shape index (κ3) is 5.55. The summed E-state index contributed by atoms with van der Waals surface area (Å²) in [5.41, 5.74) is 1.07. The molecule has 90 valence electrons. The van der Waals surface area contributed by atoms with Crippen LogP contribution in [-0.2, 0) is 0 Å². The summed E-state index contributed by atoms with van der Waals surface area (Å²) in [6.07, 6.45) is 8.47. The van der Waals surface area contributed by atoms with E-state index in [4.69, 9.17) is 0 Å². The number of hydrogen-bond donors (Lipinski definition) is 1. The van der Waals surface area contributed by atoms with E-state index in [0.29, 0.717) is 10.8 Å². The maximum atomic E-state index is 3.65. The van der Waals surface area contributed by atoms with E-state index in [0.717, 1.165) is 0 Å². The van der Waals surface area contributed by atoms with E-state index >= 15 is 0 Å². The molecule has 0 aromatic rings. The Morgan fingerprint density at radius 2 is 1.67 bits per heavy atom. The van der Waals surface area contributed by atoms with Gasteiger partial charge in [-0.1, -0.05) is 47.0 Å². The number of rotatable bonds is 4. The molecule has 1 fully saturated rings. The van der Waals surface area contributed by atoms with Crippen LogP contribution >= 0.6 is 0 Å². The minimum Gasteiger partial charge on any atom is -0.316 e. The molecule has 0 unspecified atom stereocenters. The first-order valence-electron chi connectivity index (χ1n) is 6.62. The molecule has 0 aromatic heterocycles. The van der Waals surface area contributed by atoms with Crippen molar-refractivity contribution in [3.8, 4) is 0 Å². The normalized spacial score (nSPS) is 21.6. The fraction of sp³-hybridized carbons (Fsp3) is 1.00. The van der Waals surface area contributed by atoms with Gasteiger partial charge in [0, 0.05) is 6.54 Å². The van der Waals surface area contributed by atoms with Crippen molar-refractivity contribution in [3.63, 3.8) is 0 Å². The molecule has 1 heteroatoms. The molecular formula is C14H29N. The summed E-state index contributed by atoms with van der Waals surface area (Å²) in [7, 11) is 0. The molecule has 0 saturated heterocycles. The molecule has 1 aliphatic rings. The monoisotopic (exact) mass is 211 g/mol. The van der Waals surface area contributed by atoms with Gasteiger partial charge in [-0.3, -0.25) is 0 Å². The van der Waals surface area contributed by atoms with Crippen LogP contribution < -0.4 is 5.32 Å². The molecule has 1 saturated carbocycles. The Kier molecular flexibility index (Phi) is 4.64. The topological polar surface area (TPSA) is 12.0 Å². The van der Waals surface area contributed by atoms with Crippen LogP contribution in [0.15, 0.2) is 0 Å². The van der Waals surface area contributed by atoms with Crippen LogP contribution in [0.4, 0.5) is 0 Å². The van der Waals surface area contributed by atoms with E-state index in [1.165, 1.54) is 51.6 Å². The van der Waals surface area contributed by atoms with Crippen LogP contribution in [0.5, 0.6) is 0 Å². The summed E-state index contributed by atoms with van der Waals surface area (Å²) in [5.74, 6) is 0. The maximum Gasteiger partial charge on any atom is 0.000516 e. The first-order valence-corrected chi connectivity index (χ1v) is 6.62. The molecule has 1 rings (SSSR count). The summed E-state index contributed by atoms with van der Waals surface area (Å²) < 4.78 is 0. The highest BCUT2D eigenvalue weighted by atomic mass is 14.9. The Morgan fingerprint density at radius 3 is 2.20 bits per heavy atom. The van der Waals surface area contributed by atoms with E-state index in [-0.39, 0.29) is 0 Å². The van der Waals surface area contributed by atoms with Crippen molar-refractivity contribution in [1.82, 2.24) is 5.32 Å². The van der Waals surface area contributed by atoms with Crippen LogP contribution in [-0.4, -0.2) is 13.1 Å². The molecule has 0 aliphatic heterocycles. The molecule has 1 aliphatic carbocycles. The lowest BCUT2D eigenvalue weighted by atomic mass is 9.75. The predicted molar refractivity (Wildman–Crippen MR) is 68.1 cm³/mol. The van der Waals surface area contributed by atoms with Crippen molar-refractivity contribution >= 4 is 0 Å². The van der Waals surface area contributed by atoms with Gasteiger partial charge < -0.3 is 5.32 Å². The predicted octanol–water partition coefficient (Wildman–Crippen LogP) is 3.98. The Labute approximate surface area is 96.0 Å². The van der Waals surface area contributed by atoms with Crippen LogP contribution in [0, 0.1) is 10.8 Å². The minimum absolute atomic E-state index is 0.473. The minimum atomic E-state index is 0.473. The van der Waals surface area contributed by atoms with E-state index in [1.54, 1.807) is 0 Å². The molecule has 15 heavy (non-hydrogen) atoms. The second-order valence-electron chi connectivity index (χ2n) is 6.86. The third-order valence-electron chi connectivity index (χ3n) is 3.66. The lowest BCUT2D eigenvalue weighted by molar-refractivity contribution is 0.204. The summed E-state index contributed by atoms with van der Waals surface area (Å²) in [6.45, 7) is 11.8. The second kappa shape index (κ2) is 5.34. The van der Waals surface area contributed by atoms with Gasteiger partial charge in [-0.2, -0.15) is 0 Å². The van der Waals surface area contributed by atoms with Gasteiger partial charge in [-0.25, -0.2) is 0 Å². The smallest absolute Gasteiger partial charge is 0.000516 e. The van der Waals surface area contributed by atoms with Crippen LogP contribution in [0.2, 0.25) is 0 Å². The van der Waals surface area contributed by atoms with Gasteiger partial charge >= 0.3 is 0 Å². The summed E-state index contributed by atoms with van der Waals surface area (Å²) >= 11 is 0. The molecule has 0 spiro atoms. The van der Waals surface area contributed by atoms with Crippen LogP contribution in [0.25, 0.3) is 0 Å². The fourth-order valence-electron chi connectivity index (χ4n) is 2.44. The highest BCUT2D eigenvalue weighted by molar-refractivity contribution is 4.80. The molecule has 0 heterocycles. The van der Waals surface area contributed by atoms with Crippen LogP contribution in [0.1, 0.15) is 66.2 Å². The fourth-order valence-corrected chi connectivity index (χ4v) is 2.44. The van der Waals surface area contributed by atoms with E-state index in [1.807, 2.05) is 0 Å². The zero-order valence-corrected chi connectivity index (χ0v) is 11.2. The first-order chi connectivity index (χ1) is 6.91. The Balaban J connectivity index is 2.13. The number of nitrogens with one attached hydrogen (secondary N) is 1. The van der Waals surface area contributed by atoms with Crippen LogP contribution in [0.3, 0.4) is 0 Å². The molecule has 1 N–H and O–H groups in total. The highest BCUT2D eigenvalue weighted by Gasteiger charge is 2.26. The second-order valence-corrected chi connectivity index (χ2v) is 6.86. The largest absolute Gasteiger partial charge is 0.316 e. The summed E-state index contributed by atoms with van der Waals surface area (Å²) in [5, 5.41) is 3.65. The molecular weight excluding hydrogens is 182 g/mol. The summed E-state index contributed by atoms with van der Waals surface area (Å²) in [6, 6.07) is 0. The first kappa shape index (κ1) is 13.0. The van der Waals surface area contributed by atoms with E-state index in [9.17, 15) is 0 Å². The van der Waals surface area contributed by atoms with Crippen molar-refractivity contribution in [2.45, 2.75) is 66.2 Å². The van der Waals surface area contributed by atoms with Crippen molar-refractivity contribution < 1.29 is 0 Å². The molecule has 0 bridgehead atoms. The molecule has 0 aromatic carbocycles. The van der Waals surface area contributed by atoms with Gasteiger partial charge in [0.25, 0.3) is 0 Å². The van der Waals surface area contributed by atoms with Gasteiger partial charge in [-0.15, -0.1) is 0 Å². The number of hydrogen-bond acceptors (Lipinski definition) is 1. The van der Waals surface area contributed by atoms with E-state index in [2.05, 4.69) is 33.0 Å². The maximum absolute atomic E-state index is 3.65. The Bertz CT molecular complexity index is 172. The SMILES string of the molecule is CC(C)(C)CCNCC1(C)CCCCC1. The lowest BCUT2D eigenvalue weighted by Crippen LogP contribution is -2.35. The highest BCUT2D eigenvalue weighted by Crippen LogP contribution is 2.34.